The van der Waals surface area contributed by atoms with Crippen LogP contribution in [0, 0.1) is 10.1 Å². The number of benzene rings is 2. The normalized spacial score (nSPS) is 11.4. The van der Waals surface area contributed by atoms with Crippen LogP contribution < -0.4 is 14.3 Å². The third-order valence-corrected chi connectivity index (χ3v) is 5.27. The Hall–Kier alpha value is -2.56. The zero-order chi connectivity index (χ0) is 20.2. The number of ether oxygens (including phenoxy) is 2. The molecule has 0 aliphatic heterocycles. The van der Waals surface area contributed by atoms with Crippen molar-refractivity contribution in [3.8, 4) is 11.5 Å². The van der Waals surface area contributed by atoms with Gasteiger partial charge in [-0.15, -0.1) is 0 Å². The number of nitro benzene ring substituents is 1. The van der Waals surface area contributed by atoms with Gasteiger partial charge in [-0.3, -0.25) is 10.1 Å². The van der Waals surface area contributed by atoms with Gasteiger partial charge in [0.25, 0.3) is 10.0 Å². The summed E-state index contributed by atoms with van der Waals surface area (Å²) in [6.45, 7) is 0. The van der Waals surface area contributed by atoms with Crippen molar-refractivity contribution < 1.29 is 22.8 Å². The minimum atomic E-state index is -4.02. The van der Waals surface area contributed by atoms with E-state index in [9.17, 15) is 18.5 Å². The molecule has 0 atom stereocenters. The van der Waals surface area contributed by atoms with Gasteiger partial charge in [-0.25, -0.2) is 4.83 Å². The van der Waals surface area contributed by atoms with E-state index in [0.717, 1.165) is 12.3 Å². The number of hydrogen-bond donors (Lipinski definition) is 1. The van der Waals surface area contributed by atoms with E-state index >= 15 is 0 Å². The molecule has 0 amide bonds. The maximum absolute atomic E-state index is 12.2. The lowest BCUT2D eigenvalue weighted by molar-refractivity contribution is -0.385. The van der Waals surface area contributed by atoms with Crippen molar-refractivity contribution in [1.29, 1.82) is 0 Å². The first-order valence-electron chi connectivity index (χ1n) is 7.10. The minimum absolute atomic E-state index is 0.00890. The number of nitro groups is 1. The number of halogens is 2. The average Bonchev–Trinajstić information content (AvgIpc) is 2.63. The largest absolute Gasteiger partial charge is 0.496 e. The molecule has 0 aliphatic rings. The van der Waals surface area contributed by atoms with Gasteiger partial charge in [0.05, 0.1) is 40.3 Å². The molecule has 0 unspecified atom stereocenters. The molecule has 0 bridgehead atoms. The van der Waals surface area contributed by atoms with E-state index in [0.29, 0.717) is 0 Å². The minimum Gasteiger partial charge on any atom is -0.496 e. The SMILES string of the molecule is COc1cc(OC)c([N+](=O)[O-])cc1/C=N/NS(=O)(=O)c1ccc(Cl)c(Cl)c1. The third kappa shape index (κ3) is 4.79. The van der Waals surface area contributed by atoms with Crippen LogP contribution in [0.1, 0.15) is 5.56 Å². The summed E-state index contributed by atoms with van der Waals surface area (Å²) in [5, 5.41) is 15.0. The van der Waals surface area contributed by atoms with Crippen LogP contribution in [-0.4, -0.2) is 33.8 Å². The number of methoxy groups -OCH3 is 2. The fraction of sp³-hybridized carbons (Fsp3) is 0.133. The van der Waals surface area contributed by atoms with Gasteiger partial charge in [0.1, 0.15) is 5.75 Å². The molecule has 144 valence electrons. The van der Waals surface area contributed by atoms with Gasteiger partial charge in [0, 0.05) is 17.7 Å². The molecular weight excluding hydrogens is 421 g/mol. The second kappa shape index (κ2) is 8.42. The molecule has 0 spiro atoms. The summed E-state index contributed by atoms with van der Waals surface area (Å²) in [5.41, 5.74) is -0.158. The first-order valence-corrected chi connectivity index (χ1v) is 9.34. The standard InChI is InChI=1S/C15H13Cl2N3O6S/c1-25-14-7-15(26-2)13(20(21)22)5-9(14)8-18-19-27(23,24)10-3-4-11(16)12(17)6-10/h3-8,19H,1-2H3/b18-8+. The van der Waals surface area contributed by atoms with Gasteiger partial charge in [0.2, 0.25) is 5.75 Å². The monoisotopic (exact) mass is 433 g/mol. The van der Waals surface area contributed by atoms with Gasteiger partial charge in [-0.2, -0.15) is 13.5 Å². The highest BCUT2D eigenvalue weighted by Crippen LogP contribution is 2.33. The second-order valence-corrected chi connectivity index (χ2v) is 7.43. The number of hydrogen-bond acceptors (Lipinski definition) is 7. The quantitative estimate of drug-likeness (QED) is 0.406. The average molecular weight is 434 g/mol. The second-order valence-electron chi connectivity index (χ2n) is 4.95. The van der Waals surface area contributed by atoms with Crippen LogP contribution in [0.5, 0.6) is 11.5 Å². The summed E-state index contributed by atoms with van der Waals surface area (Å²) >= 11 is 11.6. The summed E-state index contributed by atoms with van der Waals surface area (Å²) in [7, 11) is -1.40. The van der Waals surface area contributed by atoms with Gasteiger partial charge >= 0.3 is 5.69 Å². The smallest absolute Gasteiger partial charge is 0.311 e. The molecule has 0 saturated heterocycles. The van der Waals surface area contributed by atoms with E-state index < -0.39 is 14.9 Å². The van der Waals surface area contributed by atoms with E-state index in [1.54, 1.807) is 0 Å². The topological polar surface area (TPSA) is 120 Å². The Balaban J connectivity index is 2.33. The lowest BCUT2D eigenvalue weighted by Crippen LogP contribution is -2.18. The Morgan fingerprint density at radius 3 is 2.33 bits per heavy atom. The Labute approximate surface area is 164 Å². The predicted octanol–water partition coefficient (Wildman–Crippen LogP) is 3.23. The van der Waals surface area contributed by atoms with Crippen LogP contribution in [-0.2, 0) is 10.0 Å². The van der Waals surface area contributed by atoms with Crippen LogP contribution in [0.25, 0.3) is 0 Å². The number of rotatable bonds is 7. The number of sulfonamides is 1. The summed E-state index contributed by atoms with van der Waals surface area (Å²) in [4.78, 5) is 12.3. The van der Waals surface area contributed by atoms with Crippen molar-refractivity contribution in [1.82, 2.24) is 4.83 Å². The van der Waals surface area contributed by atoms with Crippen LogP contribution in [0.2, 0.25) is 10.0 Å². The lowest BCUT2D eigenvalue weighted by Gasteiger charge is -2.08. The van der Waals surface area contributed by atoms with Crippen molar-refractivity contribution in [2.45, 2.75) is 4.90 Å². The van der Waals surface area contributed by atoms with E-state index in [4.69, 9.17) is 32.7 Å². The number of nitrogens with zero attached hydrogens (tertiary/aromatic N) is 2. The van der Waals surface area contributed by atoms with Crippen LogP contribution >= 0.6 is 23.2 Å². The molecule has 0 saturated carbocycles. The summed E-state index contributed by atoms with van der Waals surface area (Å²) in [6, 6.07) is 6.20. The number of nitrogens with one attached hydrogen (secondary N) is 1. The Bertz CT molecular complexity index is 1010. The van der Waals surface area contributed by atoms with Gasteiger partial charge < -0.3 is 9.47 Å². The van der Waals surface area contributed by atoms with Crippen LogP contribution in [0.15, 0.2) is 40.3 Å². The molecule has 2 rings (SSSR count). The summed E-state index contributed by atoms with van der Waals surface area (Å²) in [6.07, 6.45) is 1.07. The molecule has 12 heteroatoms. The van der Waals surface area contributed by atoms with Gasteiger partial charge in [0.15, 0.2) is 0 Å². The first kappa shape index (κ1) is 20.7. The maximum atomic E-state index is 12.2. The predicted molar refractivity (Wildman–Crippen MR) is 101 cm³/mol. The molecule has 0 aromatic heterocycles. The highest BCUT2D eigenvalue weighted by atomic mass is 35.5. The highest BCUT2D eigenvalue weighted by Gasteiger charge is 2.19. The fourth-order valence-electron chi connectivity index (χ4n) is 2.01. The molecule has 9 nitrogen and oxygen atoms in total. The van der Waals surface area contributed by atoms with E-state index in [1.165, 1.54) is 38.5 Å². The molecule has 2 aromatic carbocycles. The zero-order valence-electron chi connectivity index (χ0n) is 14.0. The van der Waals surface area contributed by atoms with Crippen molar-refractivity contribution >= 4 is 45.1 Å². The highest BCUT2D eigenvalue weighted by molar-refractivity contribution is 7.89. The zero-order valence-corrected chi connectivity index (χ0v) is 16.3. The Kier molecular flexibility index (Phi) is 6.47. The molecule has 0 heterocycles. The molecule has 27 heavy (non-hydrogen) atoms. The van der Waals surface area contributed by atoms with Crippen molar-refractivity contribution in [2.24, 2.45) is 5.10 Å². The maximum Gasteiger partial charge on any atom is 0.311 e. The van der Waals surface area contributed by atoms with Gasteiger partial charge in [-0.1, -0.05) is 23.2 Å². The third-order valence-electron chi connectivity index (χ3n) is 3.31. The van der Waals surface area contributed by atoms with Crippen LogP contribution in [0.3, 0.4) is 0 Å². The van der Waals surface area contributed by atoms with Crippen molar-refractivity contribution in [3.63, 3.8) is 0 Å². The molecule has 0 aliphatic carbocycles. The molecular formula is C15H13Cl2N3O6S. The lowest BCUT2D eigenvalue weighted by atomic mass is 10.1. The molecule has 0 radical (unpaired) electrons. The summed E-state index contributed by atoms with van der Waals surface area (Å²) < 4.78 is 34.5. The van der Waals surface area contributed by atoms with Crippen LogP contribution in [0.4, 0.5) is 5.69 Å². The Morgan fingerprint density at radius 1 is 1.11 bits per heavy atom. The summed E-state index contributed by atoms with van der Waals surface area (Å²) in [5.74, 6) is 0.195. The van der Waals surface area contributed by atoms with E-state index in [-0.39, 0.29) is 37.7 Å². The number of hydrazone groups is 1. The van der Waals surface area contributed by atoms with Crippen molar-refractivity contribution in [2.75, 3.05) is 14.2 Å². The molecule has 1 N–H and O–H groups in total. The van der Waals surface area contributed by atoms with Crippen molar-refractivity contribution in [3.05, 3.63) is 56.1 Å². The Morgan fingerprint density at radius 2 is 1.78 bits per heavy atom. The molecule has 2 aromatic rings. The van der Waals surface area contributed by atoms with E-state index in [1.807, 2.05) is 4.83 Å². The fourth-order valence-corrected chi connectivity index (χ4v) is 3.19. The molecule has 0 fully saturated rings. The van der Waals surface area contributed by atoms with E-state index in [2.05, 4.69) is 5.10 Å². The van der Waals surface area contributed by atoms with Gasteiger partial charge in [-0.05, 0) is 18.2 Å². The first-order chi connectivity index (χ1) is 12.7.